The van der Waals surface area contributed by atoms with Crippen LogP contribution in [0.3, 0.4) is 0 Å². The predicted molar refractivity (Wildman–Crippen MR) is 68.1 cm³/mol. The van der Waals surface area contributed by atoms with Crippen molar-refractivity contribution in [1.82, 2.24) is 5.32 Å². The van der Waals surface area contributed by atoms with Gasteiger partial charge in [-0.1, -0.05) is 32.1 Å². The zero-order chi connectivity index (χ0) is 13.0. The number of carboxylic acids is 1. The maximum atomic E-state index is 12.2. The van der Waals surface area contributed by atoms with Gasteiger partial charge in [-0.25, -0.2) is 0 Å². The van der Waals surface area contributed by atoms with Crippen molar-refractivity contribution < 1.29 is 14.7 Å². The molecule has 0 heterocycles. The standard InChI is InChI=1S/C14H23NO3/c16-13(11-8-5-9-12(11)14(17)18)15-10-6-3-1-2-4-7-10/h10-12H,1-9H2,(H,15,16)(H,17,18). The molecule has 2 fully saturated rings. The van der Waals surface area contributed by atoms with Gasteiger partial charge in [0.1, 0.15) is 0 Å². The molecule has 0 aromatic carbocycles. The Morgan fingerprint density at radius 3 is 2.06 bits per heavy atom. The molecule has 18 heavy (non-hydrogen) atoms. The quantitative estimate of drug-likeness (QED) is 0.759. The van der Waals surface area contributed by atoms with Gasteiger partial charge in [-0.3, -0.25) is 9.59 Å². The monoisotopic (exact) mass is 253 g/mol. The van der Waals surface area contributed by atoms with Crippen molar-refractivity contribution in [3.63, 3.8) is 0 Å². The minimum atomic E-state index is -0.812. The third-order valence-electron chi connectivity index (χ3n) is 4.37. The van der Waals surface area contributed by atoms with E-state index in [-0.39, 0.29) is 17.9 Å². The van der Waals surface area contributed by atoms with Crippen LogP contribution < -0.4 is 5.32 Å². The summed E-state index contributed by atoms with van der Waals surface area (Å²) in [6, 6.07) is 0.273. The molecule has 4 nitrogen and oxygen atoms in total. The number of carbonyl (C=O) groups excluding carboxylic acids is 1. The lowest BCUT2D eigenvalue weighted by Gasteiger charge is -2.21. The molecule has 2 aliphatic carbocycles. The minimum absolute atomic E-state index is 0.0215. The highest BCUT2D eigenvalue weighted by atomic mass is 16.4. The summed E-state index contributed by atoms with van der Waals surface area (Å²) in [5, 5.41) is 12.2. The molecule has 0 aromatic rings. The average molecular weight is 253 g/mol. The fourth-order valence-electron chi connectivity index (χ4n) is 3.30. The molecule has 2 N–H and O–H groups in total. The molecule has 0 aliphatic heterocycles. The van der Waals surface area contributed by atoms with Gasteiger partial charge in [0, 0.05) is 6.04 Å². The molecule has 0 saturated heterocycles. The van der Waals surface area contributed by atoms with E-state index >= 15 is 0 Å². The third-order valence-corrected chi connectivity index (χ3v) is 4.37. The van der Waals surface area contributed by atoms with Gasteiger partial charge >= 0.3 is 5.97 Å². The second kappa shape index (κ2) is 6.21. The Balaban J connectivity index is 1.88. The molecule has 2 unspecified atom stereocenters. The third kappa shape index (κ3) is 3.24. The van der Waals surface area contributed by atoms with Crippen molar-refractivity contribution >= 4 is 11.9 Å². The Kier molecular flexibility index (Phi) is 4.61. The van der Waals surface area contributed by atoms with Crippen LogP contribution in [0.25, 0.3) is 0 Å². The van der Waals surface area contributed by atoms with E-state index in [1.807, 2.05) is 0 Å². The van der Waals surface area contributed by atoms with E-state index in [1.165, 1.54) is 25.7 Å². The Labute approximate surface area is 108 Å². The number of carboxylic acid groups (broad SMARTS) is 1. The Morgan fingerprint density at radius 1 is 0.833 bits per heavy atom. The number of carbonyl (C=O) groups is 2. The molecule has 1 amide bonds. The van der Waals surface area contributed by atoms with Crippen LogP contribution in [-0.2, 0) is 9.59 Å². The zero-order valence-electron chi connectivity index (χ0n) is 10.9. The van der Waals surface area contributed by atoms with Gasteiger partial charge in [0.2, 0.25) is 5.91 Å². The molecule has 2 aliphatic rings. The number of nitrogens with one attached hydrogen (secondary N) is 1. The first-order valence-electron chi connectivity index (χ1n) is 7.21. The lowest BCUT2D eigenvalue weighted by Crippen LogP contribution is -2.41. The van der Waals surface area contributed by atoms with E-state index in [0.717, 1.165) is 25.7 Å². The largest absolute Gasteiger partial charge is 0.481 e. The van der Waals surface area contributed by atoms with Crippen molar-refractivity contribution in [2.24, 2.45) is 11.8 Å². The number of aliphatic carboxylic acids is 1. The van der Waals surface area contributed by atoms with E-state index in [4.69, 9.17) is 5.11 Å². The fraction of sp³-hybridized carbons (Fsp3) is 0.857. The summed E-state index contributed by atoms with van der Waals surface area (Å²) in [7, 11) is 0. The maximum absolute atomic E-state index is 12.2. The second-order valence-corrected chi connectivity index (χ2v) is 5.68. The van der Waals surface area contributed by atoms with E-state index in [9.17, 15) is 9.59 Å². The number of hydrogen-bond donors (Lipinski definition) is 2. The molecule has 2 atom stereocenters. The van der Waals surface area contributed by atoms with Crippen molar-refractivity contribution in [1.29, 1.82) is 0 Å². The van der Waals surface area contributed by atoms with Gasteiger partial charge in [0.15, 0.2) is 0 Å². The molecule has 0 radical (unpaired) electrons. The smallest absolute Gasteiger partial charge is 0.307 e. The molecule has 0 spiro atoms. The van der Waals surface area contributed by atoms with Crippen LogP contribution in [0.5, 0.6) is 0 Å². The van der Waals surface area contributed by atoms with E-state index in [0.29, 0.717) is 6.42 Å². The number of rotatable bonds is 3. The molecular weight excluding hydrogens is 230 g/mol. The van der Waals surface area contributed by atoms with Crippen LogP contribution in [0.15, 0.2) is 0 Å². The van der Waals surface area contributed by atoms with Gasteiger partial charge in [-0.05, 0) is 25.7 Å². The highest BCUT2D eigenvalue weighted by molar-refractivity contribution is 5.85. The molecule has 102 valence electrons. The summed E-state index contributed by atoms with van der Waals surface area (Å²) >= 11 is 0. The molecule has 4 heteroatoms. The van der Waals surface area contributed by atoms with Gasteiger partial charge < -0.3 is 10.4 Å². The van der Waals surface area contributed by atoms with Crippen LogP contribution in [0.2, 0.25) is 0 Å². The maximum Gasteiger partial charge on any atom is 0.307 e. The van der Waals surface area contributed by atoms with Crippen molar-refractivity contribution in [3.8, 4) is 0 Å². The average Bonchev–Trinajstić information content (AvgIpc) is 2.70. The summed E-state index contributed by atoms with van der Waals surface area (Å²) in [6.07, 6.45) is 9.22. The molecule has 0 aromatic heterocycles. The molecular formula is C14H23NO3. The van der Waals surface area contributed by atoms with Gasteiger partial charge in [-0.15, -0.1) is 0 Å². The van der Waals surface area contributed by atoms with Gasteiger partial charge in [0.05, 0.1) is 11.8 Å². The lowest BCUT2D eigenvalue weighted by molar-refractivity contribution is -0.146. The van der Waals surface area contributed by atoms with Crippen molar-refractivity contribution in [3.05, 3.63) is 0 Å². The summed E-state index contributed by atoms with van der Waals surface area (Å²) in [5.74, 6) is -1.60. The van der Waals surface area contributed by atoms with Gasteiger partial charge in [0.25, 0.3) is 0 Å². The first kappa shape index (κ1) is 13.4. The Bertz CT molecular complexity index is 308. The SMILES string of the molecule is O=C(O)C1CCCC1C(=O)NC1CCCCCC1. The second-order valence-electron chi connectivity index (χ2n) is 5.68. The first-order valence-corrected chi connectivity index (χ1v) is 7.21. The van der Waals surface area contributed by atoms with Crippen LogP contribution in [0.1, 0.15) is 57.8 Å². The normalized spacial score (nSPS) is 29.8. The Morgan fingerprint density at radius 2 is 1.44 bits per heavy atom. The van der Waals surface area contributed by atoms with Crippen molar-refractivity contribution in [2.45, 2.75) is 63.8 Å². The summed E-state index contributed by atoms with van der Waals surface area (Å²) in [4.78, 5) is 23.2. The summed E-state index contributed by atoms with van der Waals surface area (Å²) in [6.45, 7) is 0. The number of amides is 1. The highest BCUT2D eigenvalue weighted by Crippen LogP contribution is 2.32. The molecule has 0 bridgehead atoms. The topological polar surface area (TPSA) is 66.4 Å². The minimum Gasteiger partial charge on any atom is -0.481 e. The molecule has 2 rings (SSSR count). The number of hydrogen-bond acceptors (Lipinski definition) is 2. The lowest BCUT2D eigenvalue weighted by atomic mass is 9.94. The van der Waals surface area contributed by atoms with Crippen LogP contribution in [0, 0.1) is 11.8 Å². The van der Waals surface area contributed by atoms with Crippen LogP contribution >= 0.6 is 0 Å². The van der Waals surface area contributed by atoms with Crippen LogP contribution in [-0.4, -0.2) is 23.0 Å². The van der Waals surface area contributed by atoms with Crippen molar-refractivity contribution in [2.75, 3.05) is 0 Å². The first-order chi connectivity index (χ1) is 8.68. The highest BCUT2D eigenvalue weighted by Gasteiger charge is 2.38. The summed E-state index contributed by atoms with van der Waals surface area (Å²) < 4.78 is 0. The van der Waals surface area contributed by atoms with E-state index in [2.05, 4.69) is 5.32 Å². The van der Waals surface area contributed by atoms with E-state index in [1.54, 1.807) is 0 Å². The van der Waals surface area contributed by atoms with E-state index < -0.39 is 11.9 Å². The van der Waals surface area contributed by atoms with Crippen LogP contribution in [0.4, 0.5) is 0 Å². The summed E-state index contributed by atoms with van der Waals surface area (Å²) in [5.41, 5.74) is 0. The predicted octanol–water partition coefficient (Wildman–Crippen LogP) is 2.33. The zero-order valence-corrected chi connectivity index (χ0v) is 10.9. The van der Waals surface area contributed by atoms with Gasteiger partial charge in [-0.2, -0.15) is 0 Å². The fourth-order valence-corrected chi connectivity index (χ4v) is 3.30. The Hall–Kier alpha value is -1.06. The molecule has 2 saturated carbocycles.